The van der Waals surface area contributed by atoms with E-state index in [1.54, 1.807) is 52.1 Å². The second-order valence-corrected chi connectivity index (χ2v) is 23.6. The minimum atomic E-state index is -0.575. The third kappa shape index (κ3) is 15.2. The number of Topliss-reactive ketones (excluding diaryl/α,β-unsaturated/α-hetero) is 1. The molecule has 2 bridgehead atoms. The van der Waals surface area contributed by atoms with Crippen molar-refractivity contribution in [3.63, 3.8) is 0 Å². The summed E-state index contributed by atoms with van der Waals surface area (Å²) < 4.78 is 51.5. The molecular weight excluding hydrogens is 1160 g/mol. The Morgan fingerprint density at radius 1 is 0.787 bits per heavy atom. The lowest BCUT2D eigenvalue weighted by atomic mass is 9.93. The van der Waals surface area contributed by atoms with Crippen molar-refractivity contribution in [2.24, 2.45) is 4.99 Å². The molecule has 4 aliphatic heterocycles. The summed E-state index contributed by atoms with van der Waals surface area (Å²) in [6, 6.07) is 25.8. The van der Waals surface area contributed by atoms with Crippen LogP contribution >= 0.6 is 11.6 Å². The first-order valence-corrected chi connectivity index (χ1v) is 31.0. The number of nitrogens with zero attached hydrogens (tertiary/aromatic N) is 9. The van der Waals surface area contributed by atoms with Gasteiger partial charge in [0.1, 0.15) is 47.3 Å². The second kappa shape index (κ2) is 29.6. The Hall–Kier alpha value is -7.95. The van der Waals surface area contributed by atoms with Gasteiger partial charge in [0.15, 0.2) is 0 Å². The van der Waals surface area contributed by atoms with Gasteiger partial charge in [-0.15, -0.1) is 0 Å². The van der Waals surface area contributed by atoms with Crippen molar-refractivity contribution < 1.29 is 52.0 Å². The molecule has 4 amide bonds. The van der Waals surface area contributed by atoms with Gasteiger partial charge >= 0.3 is 6.03 Å². The molecular formula is C67H80ClFN10O10. The predicted octanol–water partition coefficient (Wildman–Crippen LogP) is 9.97. The van der Waals surface area contributed by atoms with Gasteiger partial charge in [-0.3, -0.25) is 29.0 Å². The minimum absolute atomic E-state index is 0.0803. The number of ketones is 1. The molecule has 2 N–H and O–H groups in total. The number of halogens is 2. The minimum Gasteiger partial charge on any atom is -0.497 e. The van der Waals surface area contributed by atoms with Crippen LogP contribution in [-0.4, -0.2) is 170 Å². The van der Waals surface area contributed by atoms with E-state index in [2.05, 4.69) is 9.88 Å². The van der Waals surface area contributed by atoms with E-state index in [1.165, 1.54) is 12.1 Å². The van der Waals surface area contributed by atoms with Gasteiger partial charge in [0.2, 0.25) is 5.91 Å². The zero-order valence-electron chi connectivity index (χ0n) is 51.6. The number of rotatable bonds is 25. The van der Waals surface area contributed by atoms with Crippen molar-refractivity contribution in [2.45, 2.75) is 97.1 Å². The number of anilines is 2. The zero-order chi connectivity index (χ0) is 62.7. The monoisotopic (exact) mass is 1240 g/mol. The highest BCUT2D eigenvalue weighted by Crippen LogP contribution is 2.47. The molecule has 0 saturated carbocycles. The maximum absolute atomic E-state index is 15.1. The van der Waals surface area contributed by atoms with E-state index in [0.29, 0.717) is 142 Å². The molecule has 22 heteroatoms. The van der Waals surface area contributed by atoms with Crippen molar-refractivity contribution in [3.8, 4) is 22.6 Å². The average Bonchev–Trinajstić information content (AvgIpc) is 1.68. The number of amidine groups is 1. The summed E-state index contributed by atoms with van der Waals surface area (Å²) in [7, 11) is 3.32. The highest BCUT2D eigenvalue weighted by molar-refractivity contribution is 6.30. The number of hydrogen-bond donors (Lipinski definition) is 1. The summed E-state index contributed by atoms with van der Waals surface area (Å²) >= 11 is 6.40. The fourth-order valence-corrected chi connectivity index (χ4v) is 12.2. The van der Waals surface area contributed by atoms with Crippen LogP contribution in [0.2, 0.25) is 5.02 Å². The van der Waals surface area contributed by atoms with Crippen LogP contribution < -0.4 is 20.1 Å². The lowest BCUT2D eigenvalue weighted by molar-refractivity contribution is -0.135. The topological polar surface area (TPSA) is 209 Å². The Balaban J connectivity index is 0.624. The number of urea groups is 1. The smallest absolute Gasteiger partial charge is 0.326 e. The molecule has 20 nitrogen and oxygen atoms in total. The number of pyridine rings is 1. The summed E-state index contributed by atoms with van der Waals surface area (Å²) in [5.74, 6) is 1.17. The Kier molecular flexibility index (Phi) is 21.3. The van der Waals surface area contributed by atoms with Gasteiger partial charge in [-0.2, -0.15) is 5.10 Å². The van der Waals surface area contributed by atoms with E-state index in [1.807, 2.05) is 99.1 Å². The van der Waals surface area contributed by atoms with E-state index < -0.39 is 17.9 Å². The van der Waals surface area contributed by atoms with Crippen LogP contribution in [-0.2, 0) is 41.6 Å². The highest BCUT2D eigenvalue weighted by Gasteiger charge is 2.46. The van der Waals surface area contributed by atoms with Gasteiger partial charge in [0.05, 0.1) is 102 Å². The predicted molar refractivity (Wildman–Crippen MR) is 337 cm³/mol. The largest absolute Gasteiger partial charge is 0.497 e. The van der Waals surface area contributed by atoms with Gasteiger partial charge in [-0.1, -0.05) is 53.6 Å². The lowest BCUT2D eigenvalue weighted by Gasteiger charge is -2.38. The Morgan fingerprint density at radius 2 is 1.48 bits per heavy atom. The number of benzene rings is 4. The molecule has 6 heterocycles. The number of nitrogens with two attached hydrogens (primary N) is 1. The quantitative estimate of drug-likeness (QED) is 0.0529. The molecule has 89 heavy (non-hydrogen) atoms. The maximum Gasteiger partial charge on any atom is 0.326 e. The lowest BCUT2D eigenvalue weighted by Crippen LogP contribution is -2.56. The molecule has 2 saturated heterocycles. The molecule has 0 unspecified atom stereocenters. The molecule has 2 aromatic heterocycles. The fraction of sp³-hybridized carbons (Fsp3) is 0.448. The number of aromatic nitrogens is 3. The number of carbonyl (C=O) groups excluding carboxylic acids is 4. The molecule has 4 aromatic carbocycles. The van der Waals surface area contributed by atoms with Crippen LogP contribution in [0.3, 0.4) is 0 Å². The van der Waals surface area contributed by atoms with Crippen LogP contribution in [0.5, 0.6) is 11.5 Å². The second-order valence-electron chi connectivity index (χ2n) is 23.1. The molecule has 472 valence electrons. The number of piperazine rings is 1. The first kappa shape index (κ1) is 64.0. The van der Waals surface area contributed by atoms with Gasteiger partial charge in [-0.05, 0) is 112 Å². The molecule has 0 radical (unpaired) electrons. The number of ether oxygens (including phenoxy) is 6. The summed E-state index contributed by atoms with van der Waals surface area (Å²) in [4.78, 5) is 74.5. The molecule has 6 aromatic rings. The normalized spacial score (nSPS) is 17.6. The summed E-state index contributed by atoms with van der Waals surface area (Å²) in [6.07, 6.45) is 4.34. The highest BCUT2D eigenvalue weighted by atomic mass is 35.5. The van der Waals surface area contributed by atoms with Gasteiger partial charge in [0, 0.05) is 92.3 Å². The molecule has 4 aliphatic rings. The van der Waals surface area contributed by atoms with Crippen LogP contribution in [0, 0.1) is 19.7 Å². The SMILES string of the molecule is COc1ccc(C2=N[C@@H](c3ccc(C)cc3)[C@@H](c3ccc(Cl)cc3)N2C(=O)N2CCN(CCOCCOCCOCCOCCC(=O)CCCn3nc4c(c3C)-c3cnc(N)c(c3)N3CCC[C@@H]3c3cc(F)ccc3C(=O)N(C)C4)C(=O)C2)c(OC(C)C)c1. The molecule has 2 fully saturated rings. The van der Waals surface area contributed by atoms with Gasteiger partial charge < -0.3 is 53.8 Å². The Bertz CT molecular complexity index is 3510. The van der Waals surface area contributed by atoms with Crippen molar-refractivity contribution in [3.05, 3.63) is 153 Å². The first-order valence-electron chi connectivity index (χ1n) is 30.6. The Morgan fingerprint density at radius 3 is 2.19 bits per heavy atom. The zero-order valence-corrected chi connectivity index (χ0v) is 52.4. The molecule has 10 rings (SSSR count). The van der Waals surface area contributed by atoms with Crippen molar-refractivity contribution in [1.29, 1.82) is 0 Å². The van der Waals surface area contributed by atoms with Crippen molar-refractivity contribution >= 4 is 52.6 Å². The molecule has 3 atom stereocenters. The van der Waals surface area contributed by atoms with Crippen LogP contribution in [0.25, 0.3) is 11.1 Å². The van der Waals surface area contributed by atoms with Crippen molar-refractivity contribution in [1.82, 2.24) is 34.4 Å². The Labute approximate surface area is 524 Å². The third-order valence-electron chi connectivity index (χ3n) is 16.6. The van der Waals surface area contributed by atoms with E-state index in [4.69, 9.17) is 55.8 Å². The van der Waals surface area contributed by atoms with E-state index in [0.717, 1.165) is 52.0 Å². The molecule has 0 aliphatic carbocycles. The molecule has 0 spiro atoms. The van der Waals surface area contributed by atoms with Crippen molar-refractivity contribution in [2.75, 3.05) is 110 Å². The van der Waals surface area contributed by atoms with E-state index in [-0.39, 0.29) is 61.9 Å². The fourth-order valence-electron chi connectivity index (χ4n) is 12.1. The van der Waals surface area contributed by atoms with Gasteiger partial charge in [0.25, 0.3) is 5.91 Å². The van der Waals surface area contributed by atoms with E-state index in [9.17, 15) is 18.8 Å². The number of carbonyl (C=O) groups is 4. The number of fused-ring (bicyclic) bond motifs is 8. The summed E-state index contributed by atoms with van der Waals surface area (Å²) in [5.41, 5.74) is 15.1. The van der Waals surface area contributed by atoms with Crippen LogP contribution in [0.4, 0.5) is 20.7 Å². The number of aryl methyl sites for hydroxylation is 2. The van der Waals surface area contributed by atoms with Crippen LogP contribution in [0.1, 0.15) is 114 Å². The van der Waals surface area contributed by atoms with E-state index >= 15 is 4.79 Å². The number of aliphatic imine (C=N–C) groups is 1. The first-order chi connectivity index (χ1) is 43.1. The maximum atomic E-state index is 15.1. The number of hydrogen-bond acceptors (Lipinski definition) is 15. The number of amides is 4. The standard InChI is InChI=1S/C67H80ClFN10O10/c1-43(2)89-59-39-52(84-6)20-22-54(59)65-72-62(46-13-11-44(3)12-14-46)63(47-15-17-49(68)18-16-47)79(65)67(83)76-27-26-75(60(81)42-76)28-30-86-32-34-88-36-35-87-33-31-85-29-23-51(80)9-7-25-78-45(4)61-48-37-58(64(70)71-40-48)77-24-8-10-57(77)55-38-50(69)19-21-53(55)66(82)74(5)41-56(61)73-78/h11-22,37-40,43,57,62-63H,7-10,23-36,41-42H2,1-6H3,(H2,70,71)/t57-,62+,63-/m1/s1. The summed E-state index contributed by atoms with van der Waals surface area (Å²) in [6.45, 7) is 12.8. The third-order valence-corrected chi connectivity index (χ3v) is 16.9. The number of methoxy groups -OCH3 is 1. The number of nitrogen functional groups attached to an aromatic ring is 1. The van der Waals surface area contributed by atoms with Gasteiger partial charge in [-0.25, -0.2) is 14.2 Å². The average molecular weight is 1240 g/mol. The summed E-state index contributed by atoms with van der Waals surface area (Å²) in [5, 5.41) is 5.54. The van der Waals surface area contributed by atoms with Crippen LogP contribution in [0.15, 0.2) is 102 Å².